The SMILES string of the molecule is CCC[C@@H]1[C@@H](C)[C@@H]([C@@H](O)[C@@](C)(O)[C@H]2CC[C@@]3(O)C4=CC(=O)[C@@H]5C[C@@H](O)CC[C@]5(C)[C@H]4CC[C@]23C)O[C@H]1CO. The van der Waals surface area contributed by atoms with Crippen molar-refractivity contribution in [2.24, 2.45) is 40.4 Å². The van der Waals surface area contributed by atoms with E-state index in [9.17, 15) is 30.3 Å². The fourth-order valence-corrected chi connectivity index (χ4v) is 10.1. The molecule has 216 valence electrons. The molecule has 5 rings (SSSR count). The zero-order valence-electron chi connectivity index (χ0n) is 23.9. The number of hydrogen-bond acceptors (Lipinski definition) is 7. The molecule has 0 aromatic carbocycles. The van der Waals surface area contributed by atoms with Gasteiger partial charge in [-0.25, -0.2) is 0 Å². The van der Waals surface area contributed by atoms with Crippen LogP contribution in [-0.2, 0) is 9.53 Å². The second kappa shape index (κ2) is 9.63. The van der Waals surface area contributed by atoms with Crippen LogP contribution < -0.4 is 0 Å². The number of carbonyl (C=O) groups excluding carboxylic acids is 1. The van der Waals surface area contributed by atoms with Crippen LogP contribution in [0, 0.1) is 40.4 Å². The molecule has 7 heteroatoms. The average Bonchev–Trinajstić information content (AvgIpc) is 3.34. The van der Waals surface area contributed by atoms with Crippen molar-refractivity contribution < 1.29 is 35.1 Å². The molecule has 4 fully saturated rings. The third kappa shape index (κ3) is 3.86. The third-order valence-corrected chi connectivity index (χ3v) is 12.5. The summed E-state index contributed by atoms with van der Waals surface area (Å²) in [6.07, 6.45) is 5.37. The van der Waals surface area contributed by atoms with Crippen LogP contribution in [0.25, 0.3) is 0 Å². The van der Waals surface area contributed by atoms with Crippen molar-refractivity contribution >= 4 is 5.78 Å². The normalized spacial score (nSPS) is 51.0. The summed E-state index contributed by atoms with van der Waals surface area (Å²) in [5.41, 5.74) is -2.93. The van der Waals surface area contributed by atoms with E-state index in [0.717, 1.165) is 31.3 Å². The van der Waals surface area contributed by atoms with Gasteiger partial charge in [0.1, 0.15) is 6.10 Å². The van der Waals surface area contributed by atoms with Crippen LogP contribution >= 0.6 is 0 Å². The van der Waals surface area contributed by atoms with E-state index < -0.39 is 34.9 Å². The number of ketones is 1. The minimum atomic E-state index is -1.52. The van der Waals surface area contributed by atoms with Crippen molar-refractivity contribution in [1.29, 1.82) is 0 Å². The summed E-state index contributed by atoms with van der Waals surface area (Å²) in [4.78, 5) is 13.4. The maximum Gasteiger partial charge on any atom is 0.159 e. The van der Waals surface area contributed by atoms with Crippen molar-refractivity contribution in [2.45, 2.75) is 128 Å². The molecular weight excluding hydrogens is 484 g/mol. The number of hydrogen-bond donors (Lipinski definition) is 5. The molecule has 1 saturated heterocycles. The molecule has 7 nitrogen and oxygen atoms in total. The van der Waals surface area contributed by atoms with Gasteiger partial charge in [0.25, 0.3) is 0 Å². The standard InChI is InChI=1S/C31H50O7/c1-6-7-19-17(2)26(38-24(19)16-32)27(35)30(5,36)25-10-13-31(37)21-15-23(34)22-14-18(33)8-11-28(22,3)20(21)9-12-29(25,31)4/h15,17-20,22,24-27,32-33,35-37H,6-14,16H2,1-5H3/t17-,18+,19-,20+,22+,24+,25+,26+,27-,28-,29-,30+,31-/m1/s1. The summed E-state index contributed by atoms with van der Waals surface area (Å²) in [6.45, 7) is 9.90. The maximum atomic E-state index is 13.4. The number of carbonyl (C=O) groups is 1. The lowest BCUT2D eigenvalue weighted by molar-refractivity contribution is -0.197. The first-order valence-electron chi connectivity index (χ1n) is 15.1. The van der Waals surface area contributed by atoms with Crippen LogP contribution in [-0.4, -0.2) is 73.5 Å². The van der Waals surface area contributed by atoms with Crippen LogP contribution in [0.5, 0.6) is 0 Å². The second-order valence-electron chi connectivity index (χ2n) is 14.3. The number of aliphatic hydroxyl groups is 5. The van der Waals surface area contributed by atoms with E-state index in [1.807, 2.05) is 13.8 Å². The summed E-state index contributed by atoms with van der Waals surface area (Å²) >= 11 is 0. The summed E-state index contributed by atoms with van der Waals surface area (Å²) < 4.78 is 6.17. The molecule has 5 N–H and O–H groups in total. The average molecular weight is 535 g/mol. The Balaban J connectivity index is 1.44. The molecule has 1 aliphatic heterocycles. The van der Waals surface area contributed by atoms with Gasteiger partial charge in [-0.15, -0.1) is 0 Å². The quantitative estimate of drug-likeness (QED) is 0.354. The summed E-state index contributed by atoms with van der Waals surface area (Å²) in [6, 6.07) is 0. The molecule has 0 spiro atoms. The van der Waals surface area contributed by atoms with Crippen LogP contribution in [0.15, 0.2) is 11.6 Å². The molecule has 13 atom stereocenters. The first-order valence-corrected chi connectivity index (χ1v) is 15.1. The van der Waals surface area contributed by atoms with E-state index in [1.165, 1.54) is 0 Å². The number of rotatable bonds is 6. The molecule has 4 aliphatic carbocycles. The van der Waals surface area contributed by atoms with Crippen LogP contribution in [0.4, 0.5) is 0 Å². The summed E-state index contributed by atoms with van der Waals surface area (Å²) in [7, 11) is 0. The van der Waals surface area contributed by atoms with Gasteiger partial charge in [-0.3, -0.25) is 4.79 Å². The number of aliphatic hydroxyl groups excluding tert-OH is 3. The molecule has 0 unspecified atom stereocenters. The van der Waals surface area contributed by atoms with Gasteiger partial charge in [0.15, 0.2) is 5.78 Å². The first kappa shape index (κ1) is 28.7. The Morgan fingerprint density at radius 3 is 2.53 bits per heavy atom. The zero-order valence-corrected chi connectivity index (χ0v) is 23.9. The monoisotopic (exact) mass is 534 g/mol. The number of fused-ring (bicyclic) bond motifs is 5. The number of allylic oxidation sites excluding steroid dienone is 1. The van der Waals surface area contributed by atoms with E-state index in [1.54, 1.807) is 13.0 Å². The largest absolute Gasteiger partial charge is 0.394 e. The molecular formula is C31H50O7. The minimum absolute atomic E-state index is 0.00983. The Morgan fingerprint density at radius 2 is 1.87 bits per heavy atom. The molecule has 1 heterocycles. The highest BCUT2D eigenvalue weighted by Gasteiger charge is 2.69. The fraction of sp³-hybridized carbons (Fsp3) is 0.903. The van der Waals surface area contributed by atoms with Gasteiger partial charge in [0, 0.05) is 11.3 Å². The van der Waals surface area contributed by atoms with Crippen molar-refractivity contribution in [2.75, 3.05) is 6.61 Å². The highest BCUT2D eigenvalue weighted by Crippen LogP contribution is 2.68. The molecule has 0 aromatic rings. The number of ether oxygens (including phenoxy) is 1. The Labute approximate surface area is 227 Å². The van der Waals surface area contributed by atoms with Gasteiger partial charge in [-0.2, -0.15) is 0 Å². The van der Waals surface area contributed by atoms with Crippen molar-refractivity contribution in [3.05, 3.63) is 11.6 Å². The van der Waals surface area contributed by atoms with Crippen LogP contribution in [0.1, 0.15) is 92.4 Å². The predicted molar refractivity (Wildman–Crippen MR) is 143 cm³/mol. The van der Waals surface area contributed by atoms with Gasteiger partial charge < -0.3 is 30.3 Å². The zero-order chi connectivity index (χ0) is 27.8. The van der Waals surface area contributed by atoms with Gasteiger partial charge in [-0.05, 0) is 99.0 Å². The molecule has 38 heavy (non-hydrogen) atoms. The molecule has 0 radical (unpaired) electrons. The Kier molecular flexibility index (Phi) is 7.27. The van der Waals surface area contributed by atoms with Gasteiger partial charge in [0.2, 0.25) is 0 Å². The summed E-state index contributed by atoms with van der Waals surface area (Å²) in [5, 5.41) is 56.4. The Bertz CT molecular complexity index is 962. The van der Waals surface area contributed by atoms with E-state index >= 15 is 0 Å². The van der Waals surface area contributed by atoms with E-state index in [4.69, 9.17) is 4.74 Å². The lowest BCUT2D eigenvalue weighted by atomic mass is 9.46. The van der Waals surface area contributed by atoms with Crippen molar-refractivity contribution in [3.8, 4) is 0 Å². The second-order valence-corrected chi connectivity index (χ2v) is 14.3. The highest BCUT2D eigenvalue weighted by molar-refractivity contribution is 5.95. The third-order valence-electron chi connectivity index (χ3n) is 12.5. The van der Waals surface area contributed by atoms with Crippen LogP contribution in [0.3, 0.4) is 0 Å². The van der Waals surface area contributed by atoms with Gasteiger partial charge in [0.05, 0.1) is 36.1 Å². The lowest BCUT2D eigenvalue weighted by Crippen LogP contribution is -2.63. The first-order chi connectivity index (χ1) is 17.8. The maximum absolute atomic E-state index is 13.4. The lowest BCUT2D eigenvalue weighted by Gasteiger charge is -2.60. The van der Waals surface area contributed by atoms with Gasteiger partial charge >= 0.3 is 0 Å². The molecule has 0 bridgehead atoms. The van der Waals surface area contributed by atoms with Crippen LogP contribution in [0.2, 0.25) is 0 Å². The van der Waals surface area contributed by atoms with E-state index in [-0.39, 0.29) is 53.5 Å². The molecule has 5 aliphatic rings. The van der Waals surface area contributed by atoms with Gasteiger partial charge in [-0.1, -0.05) is 34.1 Å². The molecule has 3 saturated carbocycles. The van der Waals surface area contributed by atoms with E-state index in [0.29, 0.717) is 32.1 Å². The topological polar surface area (TPSA) is 127 Å². The van der Waals surface area contributed by atoms with E-state index in [2.05, 4.69) is 13.8 Å². The summed E-state index contributed by atoms with van der Waals surface area (Å²) in [5.74, 6) is -0.424. The Hall–Kier alpha value is -0.830. The Morgan fingerprint density at radius 1 is 1.16 bits per heavy atom. The molecule has 0 aromatic heterocycles. The minimum Gasteiger partial charge on any atom is -0.394 e. The van der Waals surface area contributed by atoms with Crippen molar-refractivity contribution in [3.63, 3.8) is 0 Å². The fourth-order valence-electron chi connectivity index (χ4n) is 10.1. The molecule has 0 amide bonds. The van der Waals surface area contributed by atoms with Crippen molar-refractivity contribution in [1.82, 2.24) is 0 Å². The smallest absolute Gasteiger partial charge is 0.159 e. The predicted octanol–water partition coefficient (Wildman–Crippen LogP) is 3.14. The highest BCUT2D eigenvalue weighted by atomic mass is 16.5.